The van der Waals surface area contributed by atoms with Gasteiger partial charge in [0.05, 0.1) is 46.8 Å². The van der Waals surface area contributed by atoms with E-state index < -0.39 is 25.5 Å². The minimum atomic E-state index is -1.29. The van der Waals surface area contributed by atoms with Crippen molar-refractivity contribution in [3.63, 3.8) is 0 Å². The zero-order chi connectivity index (χ0) is 32.8. The third-order valence-corrected chi connectivity index (χ3v) is 10.4. The quantitative estimate of drug-likeness (QED) is 0.0995. The van der Waals surface area contributed by atoms with Crippen LogP contribution in [-0.2, 0) is 27.5 Å². The second-order valence-electron chi connectivity index (χ2n) is 13.8. The van der Waals surface area contributed by atoms with Gasteiger partial charge in [-0.3, -0.25) is 9.67 Å². The summed E-state index contributed by atoms with van der Waals surface area (Å²) in [6.45, 7) is 10.6. The van der Waals surface area contributed by atoms with Gasteiger partial charge in [0.25, 0.3) is 0 Å². The molecule has 1 saturated heterocycles. The van der Waals surface area contributed by atoms with E-state index in [9.17, 15) is 0 Å². The van der Waals surface area contributed by atoms with Crippen LogP contribution in [0.3, 0.4) is 0 Å². The maximum atomic E-state index is 15.9. The van der Waals surface area contributed by atoms with Crippen LogP contribution in [-0.4, -0.2) is 62.5 Å². The fraction of sp³-hybridized carbons (Fsp3) is 0.471. The second kappa shape index (κ2) is 12.7. The van der Waals surface area contributed by atoms with Gasteiger partial charge >= 0.3 is 0 Å². The Labute approximate surface area is 273 Å². The van der Waals surface area contributed by atoms with Crippen molar-refractivity contribution in [2.45, 2.75) is 89.9 Å². The summed E-state index contributed by atoms with van der Waals surface area (Å²) in [4.78, 5) is 13.7. The highest BCUT2D eigenvalue weighted by molar-refractivity contribution is 6.76. The highest BCUT2D eigenvalue weighted by atomic mass is 28.3. The van der Waals surface area contributed by atoms with Crippen LogP contribution in [0.25, 0.3) is 33.3 Å². The molecule has 1 aliphatic heterocycles. The Morgan fingerprint density at radius 3 is 2.66 bits per heavy atom. The molecule has 0 amide bonds. The summed E-state index contributed by atoms with van der Waals surface area (Å²) < 4.78 is 58.4. The lowest BCUT2D eigenvalue weighted by atomic mass is 10.2. The molecule has 0 radical (unpaired) electrons. The normalized spacial score (nSPS) is 17.9. The summed E-state index contributed by atoms with van der Waals surface area (Å²) in [7, 11) is -1.29. The second-order valence-corrected chi connectivity index (χ2v) is 19.5. The molecule has 3 aromatic heterocycles. The standard InChI is InChI=1S/C34H40F2N6O4Si/c1-22-39-28-16-25(35)33(31(36)32(28)42(22)21-43-13-14-47(2,3)4)45-24-8-9-26-27(15-24)40-29(18-37-26)23-17-38-41(19-23)20-34(10-11-34)46-30-7-5-6-12-44-30/h8-9,15-19,30H,5-7,10-14,20-21H2,1-4H3. The number of hydrogen-bond acceptors (Lipinski definition) is 8. The van der Waals surface area contributed by atoms with Gasteiger partial charge in [0.1, 0.15) is 23.8 Å². The Hall–Kier alpha value is -3.78. The molecule has 5 aromatic rings. The molecule has 7 rings (SSSR count). The van der Waals surface area contributed by atoms with Crippen LogP contribution < -0.4 is 4.74 Å². The fourth-order valence-electron chi connectivity index (χ4n) is 5.83. The highest BCUT2D eigenvalue weighted by Gasteiger charge is 2.47. The average Bonchev–Trinajstić information content (AvgIpc) is 3.48. The van der Waals surface area contributed by atoms with Crippen LogP contribution in [0, 0.1) is 18.6 Å². The minimum absolute atomic E-state index is 0.114. The van der Waals surface area contributed by atoms with Crippen LogP contribution in [0.5, 0.6) is 11.5 Å². The highest BCUT2D eigenvalue weighted by Crippen LogP contribution is 2.43. The van der Waals surface area contributed by atoms with Gasteiger partial charge in [-0.15, -0.1) is 0 Å². The molecular weight excluding hydrogens is 622 g/mol. The third kappa shape index (κ3) is 7.08. The Morgan fingerprint density at radius 1 is 1.04 bits per heavy atom. The van der Waals surface area contributed by atoms with E-state index in [0.717, 1.165) is 50.3 Å². The summed E-state index contributed by atoms with van der Waals surface area (Å²) in [5, 5.41) is 4.56. The fourth-order valence-corrected chi connectivity index (χ4v) is 6.58. The van der Waals surface area contributed by atoms with E-state index in [1.807, 2.05) is 10.9 Å². The molecule has 1 aliphatic carbocycles. The van der Waals surface area contributed by atoms with Crippen molar-refractivity contribution < 1.29 is 27.7 Å². The van der Waals surface area contributed by atoms with Crippen molar-refractivity contribution in [2.24, 2.45) is 0 Å². The van der Waals surface area contributed by atoms with E-state index in [1.54, 1.807) is 42.1 Å². The van der Waals surface area contributed by atoms with Gasteiger partial charge in [-0.05, 0) is 57.2 Å². The molecule has 248 valence electrons. The number of nitrogens with zero attached hydrogens (tertiary/aromatic N) is 6. The maximum Gasteiger partial charge on any atom is 0.200 e. The summed E-state index contributed by atoms with van der Waals surface area (Å²) in [6.07, 6.45) is 10.3. The number of hydrogen-bond donors (Lipinski definition) is 0. The van der Waals surface area contributed by atoms with Crippen molar-refractivity contribution in [1.82, 2.24) is 29.3 Å². The number of halogens is 2. The van der Waals surface area contributed by atoms with Crippen molar-refractivity contribution in [2.75, 3.05) is 13.2 Å². The number of fused-ring (bicyclic) bond motifs is 2. The van der Waals surface area contributed by atoms with Gasteiger partial charge in [-0.1, -0.05) is 19.6 Å². The van der Waals surface area contributed by atoms with Crippen LogP contribution in [0.4, 0.5) is 8.78 Å². The molecule has 2 fully saturated rings. The molecule has 1 saturated carbocycles. The van der Waals surface area contributed by atoms with Gasteiger partial charge in [0.15, 0.2) is 17.9 Å². The van der Waals surface area contributed by atoms with E-state index >= 15 is 8.78 Å². The molecule has 4 heterocycles. The van der Waals surface area contributed by atoms with Crippen molar-refractivity contribution in [3.8, 4) is 22.8 Å². The van der Waals surface area contributed by atoms with Crippen LogP contribution in [0.1, 0.15) is 37.9 Å². The molecule has 2 aromatic carbocycles. The summed E-state index contributed by atoms with van der Waals surface area (Å²) in [5.41, 5.74) is 2.65. The molecule has 0 spiro atoms. The van der Waals surface area contributed by atoms with E-state index in [-0.39, 0.29) is 35.4 Å². The number of ether oxygens (including phenoxy) is 4. The monoisotopic (exact) mass is 662 g/mol. The third-order valence-electron chi connectivity index (χ3n) is 8.73. The van der Waals surface area contributed by atoms with E-state index in [0.29, 0.717) is 35.7 Å². The largest absolute Gasteiger partial charge is 0.451 e. The Bertz CT molecular complexity index is 1910. The zero-order valence-corrected chi connectivity index (χ0v) is 28.3. The predicted octanol–water partition coefficient (Wildman–Crippen LogP) is 7.61. The maximum absolute atomic E-state index is 15.9. The van der Waals surface area contributed by atoms with Crippen molar-refractivity contribution in [3.05, 3.63) is 60.3 Å². The molecule has 13 heteroatoms. The molecule has 0 bridgehead atoms. The Balaban J connectivity index is 1.09. The molecule has 2 aliphatic rings. The molecule has 10 nitrogen and oxygen atoms in total. The Morgan fingerprint density at radius 2 is 1.89 bits per heavy atom. The lowest BCUT2D eigenvalue weighted by Crippen LogP contribution is -2.32. The first-order valence-electron chi connectivity index (χ1n) is 16.3. The van der Waals surface area contributed by atoms with Crippen LogP contribution in [0.2, 0.25) is 25.7 Å². The molecular formula is C34H40F2N6O4Si. The van der Waals surface area contributed by atoms with Gasteiger partial charge < -0.3 is 23.5 Å². The van der Waals surface area contributed by atoms with Crippen molar-refractivity contribution >= 4 is 30.1 Å². The topological polar surface area (TPSA) is 98.3 Å². The summed E-state index contributed by atoms with van der Waals surface area (Å²) in [5.74, 6) is -1.45. The average molecular weight is 663 g/mol. The molecule has 0 N–H and O–H groups in total. The summed E-state index contributed by atoms with van der Waals surface area (Å²) in [6, 6.07) is 7.12. The first-order valence-corrected chi connectivity index (χ1v) is 20.0. The van der Waals surface area contributed by atoms with E-state index in [1.165, 1.54) is 6.07 Å². The smallest absolute Gasteiger partial charge is 0.200 e. The first kappa shape index (κ1) is 31.8. The molecule has 1 atom stereocenters. The lowest BCUT2D eigenvalue weighted by Gasteiger charge is -2.27. The molecule has 47 heavy (non-hydrogen) atoms. The predicted molar refractivity (Wildman–Crippen MR) is 176 cm³/mol. The SMILES string of the molecule is Cc1nc2cc(F)c(Oc3ccc4ncc(-c5cnn(CC6(OC7CCCCO7)CC6)c5)nc4c3)c(F)c2n1COCC[Si](C)(C)C. The van der Waals surface area contributed by atoms with Gasteiger partial charge in [0.2, 0.25) is 5.75 Å². The number of aromatic nitrogens is 6. The number of benzene rings is 2. The van der Waals surface area contributed by atoms with E-state index in [2.05, 4.69) is 34.7 Å². The van der Waals surface area contributed by atoms with Crippen molar-refractivity contribution in [1.29, 1.82) is 0 Å². The summed E-state index contributed by atoms with van der Waals surface area (Å²) >= 11 is 0. The van der Waals surface area contributed by atoms with Gasteiger partial charge in [-0.2, -0.15) is 5.10 Å². The number of aryl methyl sites for hydroxylation is 1. The van der Waals surface area contributed by atoms with Gasteiger partial charge in [-0.25, -0.2) is 18.7 Å². The number of imidazole rings is 1. The minimum Gasteiger partial charge on any atom is -0.451 e. The molecule has 1 unspecified atom stereocenters. The lowest BCUT2D eigenvalue weighted by molar-refractivity contribution is -0.200. The van der Waals surface area contributed by atoms with Gasteiger partial charge in [0, 0.05) is 45.2 Å². The first-order chi connectivity index (χ1) is 22.6. The Kier molecular flexibility index (Phi) is 8.58. The van der Waals surface area contributed by atoms with Crippen LogP contribution >= 0.6 is 0 Å². The number of rotatable bonds is 12. The zero-order valence-electron chi connectivity index (χ0n) is 27.3. The van der Waals surface area contributed by atoms with Crippen LogP contribution in [0.15, 0.2) is 42.9 Å². The van der Waals surface area contributed by atoms with E-state index in [4.69, 9.17) is 23.9 Å².